The molecule has 0 radical (unpaired) electrons. The molecule has 0 spiro atoms. The van der Waals surface area contributed by atoms with E-state index < -0.39 is 0 Å². The maximum atomic E-state index is 11.7. The highest BCUT2D eigenvalue weighted by molar-refractivity contribution is 7.99. The normalized spacial score (nSPS) is 15.4. The Bertz CT molecular complexity index is 607. The molecular formula is C13H15N3O2S. The molecule has 5 nitrogen and oxygen atoms in total. The predicted octanol–water partition coefficient (Wildman–Crippen LogP) is 1.18. The zero-order valence-corrected chi connectivity index (χ0v) is 11.4. The molecular weight excluding hydrogens is 262 g/mol. The largest absolute Gasteiger partial charge is 0.377 e. The van der Waals surface area contributed by atoms with Gasteiger partial charge in [0, 0.05) is 7.05 Å². The lowest BCUT2D eigenvalue weighted by molar-refractivity contribution is -0.122. The molecule has 0 unspecified atom stereocenters. The second-order valence-electron chi connectivity index (χ2n) is 4.53. The number of carbonyl (C=O) groups excluding carboxylic acids is 1. The lowest BCUT2D eigenvalue weighted by Crippen LogP contribution is -2.49. The Balaban J connectivity index is 1.64. The van der Waals surface area contributed by atoms with Gasteiger partial charge in [-0.05, 0) is 12.1 Å². The van der Waals surface area contributed by atoms with Crippen molar-refractivity contribution in [1.82, 2.24) is 14.9 Å². The number of nitrogens with zero attached hydrogens (tertiary/aromatic N) is 2. The van der Waals surface area contributed by atoms with Gasteiger partial charge < -0.3 is 14.6 Å². The molecule has 1 aromatic heterocycles. The van der Waals surface area contributed by atoms with Crippen molar-refractivity contribution in [3.8, 4) is 0 Å². The Morgan fingerprint density at radius 2 is 2.32 bits per heavy atom. The topological polar surface area (TPSA) is 56.2 Å². The summed E-state index contributed by atoms with van der Waals surface area (Å²) < 4.78 is 7.03. The second kappa shape index (κ2) is 5.22. The molecule has 1 aliphatic heterocycles. The number of aromatic nitrogens is 2. The maximum Gasteiger partial charge on any atom is 0.230 e. The van der Waals surface area contributed by atoms with Crippen LogP contribution in [-0.4, -0.2) is 40.5 Å². The van der Waals surface area contributed by atoms with Crippen LogP contribution < -0.4 is 5.32 Å². The van der Waals surface area contributed by atoms with E-state index in [1.165, 1.54) is 11.8 Å². The van der Waals surface area contributed by atoms with Gasteiger partial charge in [0.05, 0.1) is 36.0 Å². The van der Waals surface area contributed by atoms with E-state index in [4.69, 9.17) is 4.74 Å². The third-order valence-corrected chi connectivity index (χ3v) is 4.11. The van der Waals surface area contributed by atoms with Gasteiger partial charge in [-0.1, -0.05) is 23.9 Å². The Kier molecular flexibility index (Phi) is 3.44. The smallest absolute Gasteiger partial charge is 0.230 e. The number of carbonyl (C=O) groups is 1. The van der Waals surface area contributed by atoms with E-state index in [-0.39, 0.29) is 11.9 Å². The molecule has 1 aromatic carbocycles. The zero-order chi connectivity index (χ0) is 13.2. The van der Waals surface area contributed by atoms with Crippen LogP contribution in [0.1, 0.15) is 0 Å². The minimum Gasteiger partial charge on any atom is -0.377 e. The Labute approximate surface area is 115 Å². The molecule has 100 valence electrons. The summed E-state index contributed by atoms with van der Waals surface area (Å²) in [6.07, 6.45) is 0. The van der Waals surface area contributed by atoms with Crippen LogP contribution in [0.4, 0.5) is 0 Å². The van der Waals surface area contributed by atoms with E-state index >= 15 is 0 Å². The molecule has 2 heterocycles. The van der Waals surface area contributed by atoms with Crippen LogP contribution in [0.2, 0.25) is 0 Å². The van der Waals surface area contributed by atoms with Crippen molar-refractivity contribution in [2.45, 2.75) is 11.2 Å². The monoisotopic (exact) mass is 277 g/mol. The van der Waals surface area contributed by atoms with E-state index in [1.807, 2.05) is 35.9 Å². The number of aryl methyl sites for hydroxylation is 1. The van der Waals surface area contributed by atoms with Crippen LogP contribution in [0.25, 0.3) is 11.0 Å². The highest BCUT2D eigenvalue weighted by Crippen LogP contribution is 2.22. The number of para-hydroxylation sites is 2. The van der Waals surface area contributed by atoms with E-state index in [0.717, 1.165) is 16.2 Å². The zero-order valence-electron chi connectivity index (χ0n) is 10.6. The number of ether oxygens (including phenoxy) is 1. The SMILES string of the molecule is Cn1c(SCC(=O)NC2COC2)nc2ccccc21. The van der Waals surface area contributed by atoms with E-state index in [0.29, 0.717) is 19.0 Å². The van der Waals surface area contributed by atoms with Gasteiger partial charge in [-0.25, -0.2) is 4.98 Å². The third-order valence-electron chi connectivity index (χ3n) is 3.08. The molecule has 0 bridgehead atoms. The number of benzene rings is 1. The molecule has 1 amide bonds. The maximum absolute atomic E-state index is 11.7. The molecule has 19 heavy (non-hydrogen) atoms. The van der Waals surface area contributed by atoms with Crippen molar-refractivity contribution in [3.63, 3.8) is 0 Å². The molecule has 3 rings (SSSR count). The van der Waals surface area contributed by atoms with Crippen molar-refractivity contribution in [2.24, 2.45) is 7.05 Å². The van der Waals surface area contributed by atoms with Crippen LogP contribution >= 0.6 is 11.8 Å². The summed E-state index contributed by atoms with van der Waals surface area (Å²) in [5.41, 5.74) is 2.04. The lowest BCUT2D eigenvalue weighted by atomic mass is 10.2. The summed E-state index contributed by atoms with van der Waals surface area (Å²) in [6, 6.07) is 8.14. The molecule has 1 N–H and O–H groups in total. The summed E-state index contributed by atoms with van der Waals surface area (Å²) >= 11 is 1.46. The average Bonchev–Trinajstić information content (AvgIpc) is 2.69. The quantitative estimate of drug-likeness (QED) is 0.853. The highest BCUT2D eigenvalue weighted by atomic mass is 32.2. The van der Waals surface area contributed by atoms with Crippen LogP contribution in [0.3, 0.4) is 0 Å². The van der Waals surface area contributed by atoms with E-state index in [9.17, 15) is 4.79 Å². The van der Waals surface area contributed by atoms with Crippen LogP contribution in [0, 0.1) is 0 Å². The summed E-state index contributed by atoms with van der Waals surface area (Å²) in [4.78, 5) is 16.2. The second-order valence-corrected chi connectivity index (χ2v) is 5.48. The van der Waals surface area contributed by atoms with Crippen molar-refractivity contribution in [2.75, 3.05) is 19.0 Å². The first-order valence-corrected chi connectivity index (χ1v) is 7.14. The van der Waals surface area contributed by atoms with Gasteiger partial charge in [-0.15, -0.1) is 0 Å². The van der Waals surface area contributed by atoms with Gasteiger partial charge in [0.1, 0.15) is 0 Å². The van der Waals surface area contributed by atoms with E-state index in [1.54, 1.807) is 0 Å². The number of rotatable bonds is 4. The lowest BCUT2D eigenvalue weighted by Gasteiger charge is -2.26. The number of hydrogen-bond donors (Lipinski definition) is 1. The third kappa shape index (κ3) is 2.59. The first-order valence-electron chi connectivity index (χ1n) is 6.15. The minimum atomic E-state index is 0.0327. The summed E-state index contributed by atoms with van der Waals surface area (Å²) in [7, 11) is 1.97. The molecule has 1 aliphatic rings. The van der Waals surface area contributed by atoms with Crippen molar-refractivity contribution in [3.05, 3.63) is 24.3 Å². The van der Waals surface area contributed by atoms with Gasteiger partial charge >= 0.3 is 0 Å². The highest BCUT2D eigenvalue weighted by Gasteiger charge is 2.20. The number of nitrogens with one attached hydrogen (secondary N) is 1. The van der Waals surface area contributed by atoms with Crippen LogP contribution in [0.5, 0.6) is 0 Å². The number of amides is 1. The van der Waals surface area contributed by atoms with Gasteiger partial charge in [-0.3, -0.25) is 4.79 Å². The fourth-order valence-corrected chi connectivity index (χ4v) is 2.77. The van der Waals surface area contributed by atoms with Crippen LogP contribution in [-0.2, 0) is 16.6 Å². The number of hydrogen-bond acceptors (Lipinski definition) is 4. The fourth-order valence-electron chi connectivity index (χ4n) is 1.97. The Morgan fingerprint density at radius 1 is 1.53 bits per heavy atom. The first-order chi connectivity index (χ1) is 9.24. The van der Waals surface area contributed by atoms with Crippen molar-refractivity contribution >= 4 is 28.7 Å². The first kappa shape index (κ1) is 12.5. The fraction of sp³-hybridized carbons (Fsp3) is 0.385. The summed E-state index contributed by atoms with van der Waals surface area (Å²) in [6.45, 7) is 1.26. The average molecular weight is 277 g/mol. The Hall–Kier alpha value is -1.53. The summed E-state index contributed by atoms with van der Waals surface area (Å²) in [5, 5.41) is 3.78. The predicted molar refractivity (Wildman–Crippen MR) is 74.2 cm³/mol. The molecule has 2 aromatic rings. The van der Waals surface area contributed by atoms with Gasteiger partial charge in [0.25, 0.3) is 0 Å². The molecule has 0 aliphatic carbocycles. The molecule has 6 heteroatoms. The Morgan fingerprint density at radius 3 is 3.00 bits per heavy atom. The molecule has 0 atom stereocenters. The van der Waals surface area contributed by atoms with Gasteiger partial charge in [-0.2, -0.15) is 0 Å². The number of fused-ring (bicyclic) bond motifs is 1. The number of thioether (sulfide) groups is 1. The summed E-state index contributed by atoms with van der Waals surface area (Å²) in [5.74, 6) is 0.415. The number of imidazole rings is 1. The minimum absolute atomic E-state index is 0.0327. The standard InChI is InChI=1S/C13H15N3O2S/c1-16-11-5-3-2-4-10(11)15-13(16)19-8-12(17)14-9-6-18-7-9/h2-5,9H,6-8H2,1H3,(H,14,17). The van der Waals surface area contributed by atoms with Crippen molar-refractivity contribution < 1.29 is 9.53 Å². The molecule has 1 saturated heterocycles. The van der Waals surface area contributed by atoms with Crippen molar-refractivity contribution in [1.29, 1.82) is 0 Å². The van der Waals surface area contributed by atoms with E-state index in [2.05, 4.69) is 10.3 Å². The van der Waals surface area contributed by atoms with Gasteiger partial charge in [0.15, 0.2) is 5.16 Å². The molecule has 1 fully saturated rings. The molecule has 0 saturated carbocycles. The van der Waals surface area contributed by atoms with Gasteiger partial charge in [0.2, 0.25) is 5.91 Å². The van der Waals surface area contributed by atoms with Crippen LogP contribution in [0.15, 0.2) is 29.4 Å².